The average molecular weight is 451 g/mol. The van der Waals surface area contributed by atoms with Crippen LogP contribution in [0.1, 0.15) is 60.8 Å². The highest BCUT2D eigenvalue weighted by atomic mass is 16.6. The van der Waals surface area contributed by atoms with E-state index in [2.05, 4.69) is 0 Å². The minimum Gasteiger partial charge on any atom is -0.459 e. The SMILES string of the molecule is CC(=O)O[C@H]1CC(C)(C)[C@H]2[C@H](O)OC[C@@]34C[C@@H](C[C@@H]5O[C@]53[C@]2(C)[C@H]1OC(C)=O)[C@@H](C)C4=O. The number of ether oxygens (including phenoxy) is 4. The van der Waals surface area contributed by atoms with E-state index >= 15 is 0 Å². The number of carbonyl (C=O) groups excluding carboxylic acids is 3. The van der Waals surface area contributed by atoms with Gasteiger partial charge in [0.05, 0.1) is 18.1 Å². The molecule has 3 saturated carbocycles. The van der Waals surface area contributed by atoms with Crippen molar-refractivity contribution in [3.8, 4) is 0 Å². The maximum atomic E-state index is 13.8. The summed E-state index contributed by atoms with van der Waals surface area (Å²) >= 11 is 0. The summed E-state index contributed by atoms with van der Waals surface area (Å²) in [6, 6.07) is 0. The van der Waals surface area contributed by atoms with Gasteiger partial charge in [-0.05, 0) is 30.6 Å². The maximum absolute atomic E-state index is 13.8. The zero-order chi connectivity index (χ0) is 23.4. The molecule has 2 bridgehead atoms. The van der Waals surface area contributed by atoms with Crippen LogP contribution in [0.3, 0.4) is 0 Å². The molecule has 5 rings (SSSR count). The van der Waals surface area contributed by atoms with Crippen molar-refractivity contribution in [3.63, 3.8) is 0 Å². The minimum absolute atomic E-state index is 0.0809. The number of epoxide rings is 1. The number of Topliss-reactive ketones (excluding diaryl/α,β-unsaturated/α-hetero) is 1. The molecule has 0 amide bonds. The lowest BCUT2D eigenvalue weighted by molar-refractivity contribution is -0.259. The number of hydrogen-bond acceptors (Lipinski definition) is 8. The minimum atomic E-state index is -1.17. The van der Waals surface area contributed by atoms with Crippen molar-refractivity contribution in [2.75, 3.05) is 6.61 Å². The largest absolute Gasteiger partial charge is 0.459 e. The number of fused-ring (bicyclic) bond motifs is 2. The van der Waals surface area contributed by atoms with Crippen LogP contribution in [0.2, 0.25) is 0 Å². The molecule has 0 aromatic heterocycles. The zero-order valence-electron chi connectivity index (χ0n) is 19.7. The molecule has 178 valence electrons. The summed E-state index contributed by atoms with van der Waals surface area (Å²) in [5.41, 5.74) is -3.43. The first-order chi connectivity index (χ1) is 14.8. The summed E-state index contributed by atoms with van der Waals surface area (Å²) in [4.78, 5) is 38.1. The molecule has 0 aromatic carbocycles. The molecule has 5 fully saturated rings. The number of aliphatic hydroxyl groups excluding tert-OH is 1. The van der Waals surface area contributed by atoms with Crippen LogP contribution < -0.4 is 0 Å². The summed E-state index contributed by atoms with van der Waals surface area (Å²) in [5.74, 6) is -1.28. The number of aliphatic hydroxyl groups is 1. The van der Waals surface area contributed by atoms with Crippen LogP contribution in [0.4, 0.5) is 0 Å². The van der Waals surface area contributed by atoms with Gasteiger partial charge >= 0.3 is 11.9 Å². The van der Waals surface area contributed by atoms with Crippen LogP contribution >= 0.6 is 0 Å². The average Bonchev–Trinajstić information content (AvgIpc) is 3.39. The van der Waals surface area contributed by atoms with Crippen LogP contribution in [-0.4, -0.2) is 59.6 Å². The number of ketones is 1. The first kappa shape index (κ1) is 22.3. The molecule has 0 unspecified atom stereocenters. The molecule has 5 aliphatic rings. The predicted molar refractivity (Wildman–Crippen MR) is 110 cm³/mol. The van der Waals surface area contributed by atoms with E-state index in [0.717, 1.165) is 6.42 Å². The summed E-state index contributed by atoms with van der Waals surface area (Å²) in [7, 11) is 0. The second kappa shape index (κ2) is 6.54. The number of hydrogen-bond donors (Lipinski definition) is 1. The third-order valence-corrected chi connectivity index (χ3v) is 9.50. The fourth-order valence-corrected chi connectivity index (χ4v) is 8.59. The molecule has 3 aliphatic carbocycles. The Balaban J connectivity index is 1.75. The van der Waals surface area contributed by atoms with Crippen LogP contribution in [-0.2, 0) is 33.3 Å². The highest BCUT2D eigenvalue weighted by molar-refractivity contribution is 5.92. The van der Waals surface area contributed by atoms with Gasteiger partial charge in [-0.1, -0.05) is 27.7 Å². The van der Waals surface area contributed by atoms with Gasteiger partial charge in [0, 0.05) is 31.1 Å². The van der Waals surface area contributed by atoms with E-state index in [1.54, 1.807) is 0 Å². The van der Waals surface area contributed by atoms with E-state index in [4.69, 9.17) is 18.9 Å². The monoisotopic (exact) mass is 450 g/mol. The van der Waals surface area contributed by atoms with Crippen LogP contribution in [0.15, 0.2) is 0 Å². The molecule has 0 aromatic rings. The van der Waals surface area contributed by atoms with E-state index in [1.165, 1.54) is 13.8 Å². The Kier molecular flexibility index (Phi) is 4.56. The Morgan fingerprint density at radius 3 is 2.38 bits per heavy atom. The van der Waals surface area contributed by atoms with E-state index in [-0.39, 0.29) is 30.3 Å². The predicted octanol–water partition coefficient (Wildman–Crippen LogP) is 2.00. The molecular weight excluding hydrogens is 416 g/mol. The third kappa shape index (κ3) is 2.46. The fourth-order valence-electron chi connectivity index (χ4n) is 8.59. The lowest BCUT2D eigenvalue weighted by Gasteiger charge is -2.60. The number of carbonyl (C=O) groups is 3. The Morgan fingerprint density at radius 2 is 1.75 bits per heavy atom. The molecule has 10 atom stereocenters. The zero-order valence-corrected chi connectivity index (χ0v) is 19.7. The highest BCUT2D eigenvalue weighted by Crippen LogP contribution is 2.77. The van der Waals surface area contributed by atoms with Crippen molar-refractivity contribution in [2.45, 2.75) is 91.0 Å². The molecule has 2 saturated heterocycles. The van der Waals surface area contributed by atoms with E-state index in [1.807, 2.05) is 27.7 Å². The van der Waals surface area contributed by atoms with Crippen molar-refractivity contribution in [1.29, 1.82) is 0 Å². The topological polar surface area (TPSA) is 112 Å². The Morgan fingerprint density at radius 1 is 1.09 bits per heavy atom. The smallest absolute Gasteiger partial charge is 0.303 e. The maximum Gasteiger partial charge on any atom is 0.303 e. The summed E-state index contributed by atoms with van der Waals surface area (Å²) in [6.45, 7) is 10.7. The molecule has 2 heterocycles. The second-order valence-electron chi connectivity index (χ2n) is 11.6. The van der Waals surface area contributed by atoms with E-state index in [9.17, 15) is 19.5 Å². The standard InChI is InChI=1S/C24H34O8/c1-11-14-7-16-24(32-16)22(6)17(20(28)29-10-23(24,8-14)18(11)27)21(4,5)9-15(30-12(2)25)19(22)31-13(3)26/h11,14-17,19-20,28H,7-10H2,1-6H3/t11-,14-,15+,16+,17-,19+,20-,22+,23-,24+/m1/s1. The first-order valence-corrected chi connectivity index (χ1v) is 11.7. The number of esters is 2. The Hall–Kier alpha value is -1.51. The summed E-state index contributed by atoms with van der Waals surface area (Å²) in [6.07, 6.45) is -1.20. The quantitative estimate of drug-likeness (QED) is 0.502. The molecule has 2 spiro atoms. The van der Waals surface area contributed by atoms with Gasteiger partial charge in [-0.15, -0.1) is 0 Å². The lowest BCUT2D eigenvalue weighted by atomic mass is 9.44. The van der Waals surface area contributed by atoms with Gasteiger partial charge in [-0.3, -0.25) is 14.4 Å². The molecule has 0 radical (unpaired) electrons. The van der Waals surface area contributed by atoms with Gasteiger partial charge < -0.3 is 24.1 Å². The molecular formula is C24H34O8. The summed E-state index contributed by atoms with van der Waals surface area (Å²) < 4.78 is 24.2. The van der Waals surface area contributed by atoms with Gasteiger partial charge in [0.1, 0.15) is 23.6 Å². The van der Waals surface area contributed by atoms with E-state index < -0.39 is 58.2 Å². The molecule has 8 heteroatoms. The van der Waals surface area contributed by atoms with Crippen molar-refractivity contribution in [3.05, 3.63) is 0 Å². The van der Waals surface area contributed by atoms with Crippen LogP contribution in [0.25, 0.3) is 0 Å². The third-order valence-electron chi connectivity index (χ3n) is 9.50. The Labute approximate surface area is 188 Å². The second-order valence-corrected chi connectivity index (χ2v) is 11.6. The lowest BCUT2D eigenvalue weighted by Crippen LogP contribution is -2.70. The van der Waals surface area contributed by atoms with Gasteiger partial charge in [0.15, 0.2) is 6.29 Å². The first-order valence-electron chi connectivity index (χ1n) is 11.7. The summed E-state index contributed by atoms with van der Waals surface area (Å²) in [5, 5.41) is 11.3. The molecule has 32 heavy (non-hydrogen) atoms. The van der Waals surface area contributed by atoms with Crippen molar-refractivity contribution >= 4 is 17.7 Å². The van der Waals surface area contributed by atoms with Gasteiger partial charge in [0.2, 0.25) is 0 Å². The molecule has 1 N–H and O–H groups in total. The van der Waals surface area contributed by atoms with Crippen LogP contribution in [0, 0.1) is 34.0 Å². The highest BCUT2D eigenvalue weighted by Gasteiger charge is 2.88. The van der Waals surface area contributed by atoms with Gasteiger partial charge in [0.25, 0.3) is 0 Å². The van der Waals surface area contributed by atoms with Gasteiger partial charge in [-0.25, -0.2) is 0 Å². The van der Waals surface area contributed by atoms with Gasteiger partial charge in [-0.2, -0.15) is 0 Å². The normalized spacial score (nSPS) is 52.7. The Bertz CT molecular complexity index is 883. The van der Waals surface area contributed by atoms with Crippen molar-refractivity contribution in [2.24, 2.45) is 34.0 Å². The fraction of sp³-hybridized carbons (Fsp3) is 0.875. The van der Waals surface area contributed by atoms with Crippen LogP contribution in [0.5, 0.6) is 0 Å². The van der Waals surface area contributed by atoms with E-state index in [0.29, 0.717) is 12.8 Å². The molecule has 2 aliphatic heterocycles. The van der Waals surface area contributed by atoms with Crippen molar-refractivity contribution in [1.82, 2.24) is 0 Å². The molecule has 8 nitrogen and oxygen atoms in total. The van der Waals surface area contributed by atoms with Crippen molar-refractivity contribution < 1.29 is 38.4 Å². The number of rotatable bonds is 2.